The maximum absolute atomic E-state index is 11.6. The first-order chi connectivity index (χ1) is 12.0. The monoisotopic (exact) mass is 346 g/mol. The van der Waals surface area contributed by atoms with Crippen LogP contribution in [0.3, 0.4) is 0 Å². The number of rotatable bonds is 6. The molecule has 1 aromatic carbocycles. The number of carbonyl (C=O) groups is 3. The summed E-state index contributed by atoms with van der Waals surface area (Å²) in [5.41, 5.74) is 2.02. The van der Waals surface area contributed by atoms with E-state index in [2.05, 4.69) is 4.74 Å². The molecule has 1 saturated carbocycles. The highest BCUT2D eigenvalue weighted by Gasteiger charge is 2.51. The molecule has 0 aromatic heterocycles. The van der Waals surface area contributed by atoms with E-state index >= 15 is 0 Å². The van der Waals surface area contributed by atoms with Crippen molar-refractivity contribution in [2.45, 2.75) is 50.7 Å². The van der Waals surface area contributed by atoms with Gasteiger partial charge in [0.2, 0.25) is 0 Å². The molecule has 2 aliphatic rings. The van der Waals surface area contributed by atoms with Gasteiger partial charge in [-0.3, -0.25) is 9.59 Å². The van der Waals surface area contributed by atoms with Gasteiger partial charge in [0, 0.05) is 31.2 Å². The third-order valence-corrected chi connectivity index (χ3v) is 4.99. The van der Waals surface area contributed by atoms with Crippen molar-refractivity contribution in [3.8, 4) is 5.75 Å². The number of aldehydes is 1. The number of hydrogen-bond acceptors (Lipinski definition) is 6. The zero-order valence-corrected chi connectivity index (χ0v) is 14.4. The Morgan fingerprint density at radius 2 is 2.16 bits per heavy atom. The molecule has 1 aliphatic carbocycles. The molecule has 25 heavy (non-hydrogen) atoms. The summed E-state index contributed by atoms with van der Waals surface area (Å²) in [4.78, 5) is 34.1. The van der Waals surface area contributed by atoms with Gasteiger partial charge in [-0.25, -0.2) is 0 Å². The van der Waals surface area contributed by atoms with Crippen LogP contribution in [0.4, 0.5) is 0 Å². The van der Waals surface area contributed by atoms with Crippen LogP contribution in [0.25, 0.3) is 0 Å². The first kappa shape index (κ1) is 17.5. The molecule has 4 unspecified atom stereocenters. The molecule has 1 fully saturated rings. The lowest BCUT2D eigenvalue weighted by molar-refractivity contribution is -0.148. The predicted octanol–water partition coefficient (Wildman–Crippen LogP) is 2.18. The predicted molar refractivity (Wildman–Crippen MR) is 88.3 cm³/mol. The van der Waals surface area contributed by atoms with Gasteiger partial charge in [0.05, 0.1) is 13.0 Å². The molecule has 0 N–H and O–H groups in total. The number of esters is 2. The Morgan fingerprint density at radius 3 is 2.84 bits per heavy atom. The summed E-state index contributed by atoms with van der Waals surface area (Å²) in [6.07, 6.45) is 2.55. The van der Waals surface area contributed by atoms with Crippen molar-refractivity contribution in [2.24, 2.45) is 5.92 Å². The molecule has 0 radical (unpaired) electrons. The zero-order valence-electron chi connectivity index (χ0n) is 14.4. The normalized spacial score (nSPS) is 26.3. The zero-order chi connectivity index (χ0) is 18.0. The summed E-state index contributed by atoms with van der Waals surface area (Å²) in [5, 5.41) is 0. The van der Waals surface area contributed by atoms with Crippen LogP contribution in [0.2, 0.25) is 0 Å². The van der Waals surface area contributed by atoms with Crippen molar-refractivity contribution in [3.63, 3.8) is 0 Å². The average Bonchev–Trinajstić information content (AvgIpc) is 3.09. The number of para-hydroxylation sites is 1. The Labute approximate surface area is 146 Å². The molecule has 1 aliphatic heterocycles. The average molecular weight is 346 g/mol. The standard InChI is InChI=1S/C19H22O6/c1-11(21)24-15-9-16-18(14(15)10-20)13-7-3-5-12(19(13)25-16)6-4-8-17(22)23-2/h3,5,7,10,14-16,18H,4,6,8-9H2,1-2H3. The van der Waals surface area contributed by atoms with Gasteiger partial charge in [0.1, 0.15) is 24.2 Å². The van der Waals surface area contributed by atoms with Crippen LogP contribution in [-0.2, 0) is 30.3 Å². The third kappa shape index (κ3) is 3.38. The molecule has 0 saturated heterocycles. The van der Waals surface area contributed by atoms with Crippen LogP contribution in [-0.4, -0.2) is 37.5 Å². The number of methoxy groups -OCH3 is 1. The lowest BCUT2D eigenvalue weighted by atomic mass is 9.88. The van der Waals surface area contributed by atoms with E-state index in [-0.39, 0.29) is 29.9 Å². The van der Waals surface area contributed by atoms with Gasteiger partial charge >= 0.3 is 11.9 Å². The highest BCUT2D eigenvalue weighted by Crippen LogP contribution is 2.51. The SMILES string of the molecule is COC(=O)CCCc1cccc2c1OC1CC(OC(C)=O)C(C=O)C21. The molecule has 6 nitrogen and oxygen atoms in total. The van der Waals surface area contributed by atoms with Crippen molar-refractivity contribution >= 4 is 18.2 Å². The molecule has 0 amide bonds. The molecule has 134 valence electrons. The molecule has 3 rings (SSSR count). The summed E-state index contributed by atoms with van der Waals surface area (Å²) in [6, 6.07) is 5.89. The minimum atomic E-state index is -0.430. The van der Waals surface area contributed by atoms with E-state index in [1.807, 2.05) is 18.2 Å². The molecule has 6 heteroatoms. The molecule has 1 aromatic rings. The Balaban J connectivity index is 1.77. The molecule has 1 heterocycles. The highest BCUT2D eigenvalue weighted by molar-refractivity contribution is 5.69. The quantitative estimate of drug-likeness (QED) is 0.580. The second-order valence-corrected chi connectivity index (χ2v) is 6.54. The van der Waals surface area contributed by atoms with E-state index in [1.54, 1.807) is 0 Å². The van der Waals surface area contributed by atoms with Gasteiger partial charge in [0.15, 0.2) is 0 Å². The number of ether oxygens (including phenoxy) is 3. The first-order valence-corrected chi connectivity index (χ1v) is 8.53. The van der Waals surface area contributed by atoms with Gasteiger partial charge in [-0.2, -0.15) is 0 Å². The third-order valence-electron chi connectivity index (χ3n) is 4.99. The van der Waals surface area contributed by atoms with Crippen LogP contribution in [0, 0.1) is 5.92 Å². The first-order valence-electron chi connectivity index (χ1n) is 8.53. The summed E-state index contributed by atoms with van der Waals surface area (Å²) < 4.78 is 16.1. The summed E-state index contributed by atoms with van der Waals surface area (Å²) in [5.74, 6) is -0.266. The second-order valence-electron chi connectivity index (χ2n) is 6.54. The molecule has 4 atom stereocenters. The summed E-state index contributed by atoms with van der Waals surface area (Å²) in [6.45, 7) is 1.35. The van der Waals surface area contributed by atoms with E-state index in [1.165, 1.54) is 14.0 Å². The second kappa shape index (κ2) is 7.25. The Kier molecular flexibility index (Phi) is 5.06. The number of hydrogen-bond donors (Lipinski definition) is 0. The van der Waals surface area contributed by atoms with Gasteiger partial charge in [0.25, 0.3) is 0 Å². The number of carbonyl (C=O) groups excluding carboxylic acids is 3. The van der Waals surface area contributed by atoms with Gasteiger partial charge in [-0.15, -0.1) is 0 Å². The lowest BCUT2D eigenvalue weighted by Gasteiger charge is -2.18. The minimum Gasteiger partial charge on any atom is -0.489 e. The summed E-state index contributed by atoms with van der Waals surface area (Å²) >= 11 is 0. The Morgan fingerprint density at radius 1 is 1.36 bits per heavy atom. The number of fused-ring (bicyclic) bond motifs is 3. The van der Waals surface area contributed by atoms with Crippen molar-refractivity contribution < 1.29 is 28.6 Å². The number of benzene rings is 1. The fourth-order valence-corrected chi connectivity index (χ4v) is 3.94. The molecule has 0 bridgehead atoms. The smallest absolute Gasteiger partial charge is 0.305 e. The molecular weight excluding hydrogens is 324 g/mol. The van der Waals surface area contributed by atoms with E-state index < -0.39 is 6.10 Å². The van der Waals surface area contributed by atoms with Crippen LogP contribution >= 0.6 is 0 Å². The lowest BCUT2D eigenvalue weighted by Crippen LogP contribution is -2.24. The van der Waals surface area contributed by atoms with Crippen molar-refractivity contribution in [3.05, 3.63) is 29.3 Å². The topological polar surface area (TPSA) is 78.9 Å². The Bertz CT molecular complexity index is 682. The number of aryl methyl sites for hydroxylation is 1. The minimum absolute atomic E-state index is 0.0857. The van der Waals surface area contributed by atoms with E-state index in [0.717, 1.165) is 23.2 Å². The fraction of sp³-hybridized carbons (Fsp3) is 0.526. The highest BCUT2D eigenvalue weighted by atomic mass is 16.5. The van der Waals surface area contributed by atoms with E-state index in [4.69, 9.17) is 9.47 Å². The Hall–Kier alpha value is -2.37. The van der Waals surface area contributed by atoms with Gasteiger partial charge in [-0.05, 0) is 18.4 Å². The van der Waals surface area contributed by atoms with Gasteiger partial charge in [-0.1, -0.05) is 18.2 Å². The van der Waals surface area contributed by atoms with Crippen molar-refractivity contribution in [1.82, 2.24) is 0 Å². The molecular formula is C19H22O6. The van der Waals surface area contributed by atoms with Gasteiger partial charge < -0.3 is 19.0 Å². The maximum Gasteiger partial charge on any atom is 0.305 e. The van der Waals surface area contributed by atoms with Crippen molar-refractivity contribution in [1.29, 1.82) is 0 Å². The largest absolute Gasteiger partial charge is 0.489 e. The fourth-order valence-electron chi connectivity index (χ4n) is 3.94. The maximum atomic E-state index is 11.6. The molecule has 0 spiro atoms. The van der Waals surface area contributed by atoms with Crippen LogP contribution in [0.5, 0.6) is 5.75 Å². The van der Waals surface area contributed by atoms with Crippen LogP contribution < -0.4 is 4.74 Å². The van der Waals surface area contributed by atoms with Crippen LogP contribution in [0.1, 0.15) is 43.2 Å². The van der Waals surface area contributed by atoms with Crippen molar-refractivity contribution in [2.75, 3.05) is 7.11 Å². The van der Waals surface area contributed by atoms with E-state index in [0.29, 0.717) is 25.7 Å². The van der Waals surface area contributed by atoms with Crippen LogP contribution in [0.15, 0.2) is 18.2 Å². The van der Waals surface area contributed by atoms with E-state index in [9.17, 15) is 14.4 Å². The summed E-state index contributed by atoms with van der Waals surface area (Å²) in [7, 11) is 1.38.